The Hall–Kier alpha value is -3.14. The summed E-state index contributed by atoms with van der Waals surface area (Å²) >= 11 is 0. The molecule has 0 N–H and O–H groups in total. The average Bonchev–Trinajstić information content (AvgIpc) is 2.62. The maximum Gasteiger partial charge on any atom is 0.213 e. The summed E-state index contributed by atoms with van der Waals surface area (Å²) < 4.78 is 10.8. The summed E-state index contributed by atoms with van der Waals surface area (Å²) in [4.78, 5) is 8.52. The van der Waals surface area contributed by atoms with E-state index in [9.17, 15) is 0 Å². The number of hydrogen-bond donors (Lipinski definition) is 0. The Labute approximate surface area is 135 Å². The topological polar surface area (TPSA) is 43.7 Å². The van der Waals surface area contributed by atoms with E-state index in [1.54, 1.807) is 25.6 Å². The second-order valence-corrected chi connectivity index (χ2v) is 4.80. The number of para-hydroxylation sites is 1. The van der Waals surface area contributed by atoms with Crippen molar-refractivity contribution >= 4 is 11.9 Å². The van der Waals surface area contributed by atoms with Crippen LogP contribution in [0.5, 0.6) is 17.4 Å². The Morgan fingerprint density at radius 1 is 0.913 bits per heavy atom. The van der Waals surface area contributed by atoms with Crippen molar-refractivity contribution in [1.29, 1.82) is 0 Å². The Morgan fingerprint density at radius 3 is 2.48 bits per heavy atom. The van der Waals surface area contributed by atoms with Crippen LogP contribution in [0.15, 0.2) is 77.9 Å². The normalized spacial score (nSPS) is 10.7. The second kappa shape index (κ2) is 7.22. The van der Waals surface area contributed by atoms with Crippen molar-refractivity contribution in [2.75, 3.05) is 7.11 Å². The van der Waals surface area contributed by atoms with Crippen molar-refractivity contribution in [2.24, 2.45) is 4.99 Å². The lowest BCUT2D eigenvalue weighted by Crippen LogP contribution is -1.87. The third-order valence-electron chi connectivity index (χ3n) is 3.13. The molecular formula is C19H16N2O2. The lowest BCUT2D eigenvalue weighted by molar-refractivity contribution is 0.398. The fourth-order valence-corrected chi connectivity index (χ4v) is 2.00. The number of ether oxygens (including phenoxy) is 2. The van der Waals surface area contributed by atoms with E-state index in [0.717, 1.165) is 22.7 Å². The van der Waals surface area contributed by atoms with Gasteiger partial charge in [0.15, 0.2) is 0 Å². The Bertz CT molecular complexity index is 784. The zero-order valence-corrected chi connectivity index (χ0v) is 12.7. The van der Waals surface area contributed by atoms with Crippen molar-refractivity contribution in [1.82, 2.24) is 4.98 Å². The van der Waals surface area contributed by atoms with E-state index in [-0.39, 0.29) is 0 Å². The predicted molar refractivity (Wildman–Crippen MR) is 91.0 cm³/mol. The van der Waals surface area contributed by atoms with Gasteiger partial charge >= 0.3 is 0 Å². The molecule has 0 saturated heterocycles. The first-order valence-electron chi connectivity index (χ1n) is 7.20. The van der Waals surface area contributed by atoms with Gasteiger partial charge in [0.25, 0.3) is 0 Å². The van der Waals surface area contributed by atoms with Crippen LogP contribution in [0.1, 0.15) is 5.56 Å². The molecule has 114 valence electrons. The molecule has 4 heteroatoms. The first-order chi connectivity index (χ1) is 11.3. The summed E-state index contributed by atoms with van der Waals surface area (Å²) in [5.41, 5.74) is 1.72. The lowest BCUT2D eigenvalue weighted by atomic mass is 10.2. The quantitative estimate of drug-likeness (QED) is 0.645. The first kappa shape index (κ1) is 14.8. The number of methoxy groups -OCH3 is 1. The van der Waals surface area contributed by atoms with Gasteiger partial charge in [0.2, 0.25) is 5.88 Å². The molecule has 0 aliphatic heterocycles. The molecule has 1 heterocycles. The summed E-state index contributed by atoms with van der Waals surface area (Å²) in [6, 6.07) is 21.1. The van der Waals surface area contributed by atoms with Gasteiger partial charge in [0, 0.05) is 12.3 Å². The fraction of sp³-hybridized carbons (Fsp3) is 0.0526. The van der Waals surface area contributed by atoms with Crippen molar-refractivity contribution in [3.8, 4) is 17.4 Å². The number of nitrogens with zero attached hydrogens (tertiary/aromatic N) is 2. The molecule has 0 atom stereocenters. The molecule has 0 bridgehead atoms. The number of pyridine rings is 1. The molecule has 3 aromatic rings. The molecule has 0 aliphatic rings. The van der Waals surface area contributed by atoms with Crippen LogP contribution in [-0.2, 0) is 0 Å². The minimum atomic E-state index is 0.571. The minimum absolute atomic E-state index is 0.571. The molecule has 0 spiro atoms. The van der Waals surface area contributed by atoms with Gasteiger partial charge in [-0.05, 0) is 35.9 Å². The van der Waals surface area contributed by atoms with Crippen LogP contribution in [0.2, 0.25) is 0 Å². The Morgan fingerprint density at radius 2 is 1.74 bits per heavy atom. The largest absolute Gasteiger partial charge is 0.481 e. The molecule has 0 amide bonds. The van der Waals surface area contributed by atoms with Crippen molar-refractivity contribution in [2.45, 2.75) is 0 Å². The lowest BCUT2D eigenvalue weighted by Gasteiger charge is -2.05. The SMILES string of the molecule is COc1ccc(N=Cc2cccc(Oc3ccccc3)c2)cn1. The van der Waals surface area contributed by atoms with Gasteiger partial charge in [-0.15, -0.1) is 0 Å². The summed E-state index contributed by atoms with van der Waals surface area (Å²) in [5, 5.41) is 0. The molecule has 0 saturated carbocycles. The van der Waals surface area contributed by atoms with E-state index in [0.29, 0.717) is 5.88 Å². The van der Waals surface area contributed by atoms with E-state index in [2.05, 4.69) is 9.98 Å². The molecule has 0 aliphatic carbocycles. The molecule has 0 unspecified atom stereocenters. The highest BCUT2D eigenvalue weighted by Crippen LogP contribution is 2.21. The van der Waals surface area contributed by atoms with Gasteiger partial charge < -0.3 is 9.47 Å². The third kappa shape index (κ3) is 4.17. The number of rotatable bonds is 5. The number of aromatic nitrogens is 1. The van der Waals surface area contributed by atoms with Crippen LogP contribution < -0.4 is 9.47 Å². The van der Waals surface area contributed by atoms with Crippen molar-refractivity contribution in [3.05, 3.63) is 78.5 Å². The van der Waals surface area contributed by atoms with Gasteiger partial charge in [0.1, 0.15) is 11.5 Å². The second-order valence-electron chi connectivity index (χ2n) is 4.80. The van der Waals surface area contributed by atoms with Crippen LogP contribution in [0.3, 0.4) is 0 Å². The summed E-state index contributed by atoms with van der Waals surface area (Å²) in [5.74, 6) is 2.15. The molecule has 4 nitrogen and oxygen atoms in total. The zero-order chi connectivity index (χ0) is 15.9. The first-order valence-corrected chi connectivity index (χ1v) is 7.20. The van der Waals surface area contributed by atoms with Crippen LogP contribution in [-0.4, -0.2) is 18.3 Å². The highest BCUT2D eigenvalue weighted by molar-refractivity contribution is 5.82. The Kier molecular flexibility index (Phi) is 4.64. The van der Waals surface area contributed by atoms with E-state index in [1.807, 2.05) is 60.7 Å². The molecule has 0 fully saturated rings. The van der Waals surface area contributed by atoms with E-state index in [4.69, 9.17) is 9.47 Å². The molecule has 1 aromatic heterocycles. The van der Waals surface area contributed by atoms with E-state index < -0.39 is 0 Å². The maximum atomic E-state index is 5.81. The maximum absolute atomic E-state index is 5.81. The van der Waals surface area contributed by atoms with Gasteiger partial charge in [-0.3, -0.25) is 4.99 Å². The molecule has 0 radical (unpaired) electrons. The Balaban J connectivity index is 1.72. The van der Waals surface area contributed by atoms with Crippen LogP contribution in [0.25, 0.3) is 0 Å². The predicted octanol–water partition coefficient (Wildman–Crippen LogP) is 4.63. The molecular weight excluding hydrogens is 288 g/mol. The zero-order valence-electron chi connectivity index (χ0n) is 12.7. The highest BCUT2D eigenvalue weighted by atomic mass is 16.5. The standard InChI is InChI=1S/C19H16N2O2/c1-22-19-11-10-16(14-21-19)20-13-15-6-5-9-18(12-15)23-17-7-3-2-4-8-17/h2-14H,1H3. The van der Waals surface area contributed by atoms with E-state index in [1.165, 1.54) is 0 Å². The van der Waals surface area contributed by atoms with Crippen molar-refractivity contribution < 1.29 is 9.47 Å². The third-order valence-corrected chi connectivity index (χ3v) is 3.13. The van der Waals surface area contributed by atoms with E-state index >= 15 is 0 Å². The van der Waals surface area contributed by atoms with Gasteiger partial charge in [-0.25, -0.2) is 4.98 Å². The minimum Gasteiger partial charge on any atom is -0.481 e. The van der Waals surface area contributed by atoms with Crippen LogP contribution in [0.4, 0.5) is 5.69 Å². The number of aliphatic imine (C=N–C) groups is 1. The highest BCUT2D eigenvalue weighted by Gasteiger charge is 1.98. The molecule has 2 aromatic carbocycles. The fourth-order valence-electron chi connectivity index (χ4n) is 2.00. The van der Waals surface area contributed by atoms with Crippen LogP contribution in [0, 0.1) is 0 Å². The van der Waals surface area contributed by atoms with Gasteiger partial charge in [0.05, 0.1) is 19.0 Å². The van der Waals surface area contributed by atoms with Gasteiger partial charge in [-0.1, -0.05) is 30.3 Å². The molecule has 3 rings (SSSR count). The average molecular weight is 304 g/mol. The summed E-state index contributed by atoms with van der Waals surface area (Å²) in [7, 11) is 1.59. The van der Waals surface area contributed by atoms with Gasteiger partial charge in [-0.2, -0.15) is 0 Å². The molecule has 23 heavy (non-hydrogen) atoms. The van der Waals surface area contributed by atoms with Crippen molar-refractivity contribution in [3.63, 3.8) is 0 Å². The summed E-state index contributed by atoms with van der Waals surface area (Å²) in [6.45, 7) is 0. The number of benzene rings is 2. The van der Waals surface area contributed by atoms with Crippen LogP contribution >= 0.6 is 0 Å². The number of hydrogen-bond acceptors (Lipinski definition) is 4. The summed E-state index contributed by atoms with van der Waals surface area (Å²) in [6.07, 6.45) is 3.45. The smallest absolute Gasteiger partial charge is 0.213 e. The monoisotopic (exact) mass is 304 g/mol.